The van der Waals surface area contributed by atoms with E-state index in [1.165, 1.54) is 0 Å². The molecule has 3 atom stereocenters. The Labute approximate surface area is 143 Å². The van der Waals surface area contributed by atoms with E-state index in [0.29, 0.717) is 11.5 Å². The first kappa shape index (κ1) is 17.8. The summed E-state index contributed by atoms with van der Waals surface area (Å²) >= 11 is 0. The molecule has 2 unspecified atom stereocenters. The van der Waals surface area contributed by atoms with Crippen molar-refractivity contribution >= 4 is 29.9 Å². The van der Waals surface area contributed by atoms with Crippen molar-refractivity contribution in [1.29, 1.82) is 0 Å². The molecule has 2 N–H and O–H groups in total. The summed E-state index contributed by atoms with van der Waals surface area (Å²) in [7, 11) is 0. The fourth-order valence-corrected chi connectivity index (χ4v) is 2.93. The first-order valence-electron chi connectivity index (χ1n) is 7.99. The average Bonchev–Trinajstić information content (AvgIpc) is 3.25. The maximum Gasteiger partial charge on any atom is 0.254 e. The van der Waals surface area contributed by atoms with Crippen molar-refractivity contribution in [3.8, 4) is 0 Å². The first-order chi connectivity index (χ1) is 10.6. The Kier molecular flexibility index (Phi) is 5.65. The molecule has 1 saturated carbocycles. The number of benzene rings is 1. The molecule has 0 radical (unpaired) electrons. The molecule has 0 aromatic heterocycles. The molecular formula is C17H24ClN3O2. The van der Waals surface area contributed by atoms with Crippen LogP contribution in [0.25, 0.3) is 0 Å². The van der Waals surface area contributed by atoms with E-state index in [9.17, 15) is 9.59 Å². The number of hydrogen-bond acceptors (Lipinski definition) is 3. The van der Waals surface area contributed by atoms with Crippen LogP contribution < -0.4 is 10.6 Å². The van der Waals surface area contributed by atoms with E-state index in [2.05, 4.69) is 24.5 Å². The minimum absolute atomic E-state index is 0. The predicted octanol–water partition coefficient (Wildman–Crippen LogP) is 2.14. The summed E-state index contributed by atoms with van der Waals surface area (Å²) < 4.78 is 0. The van der Waals surface area contributed by atoms with Crippen molar-refractivity contribution in [2.75, 3.05) is 25.0 Å². The Morgan fingerprint density at radius 3 is 2.43 bits per heavy atom. The lowest BCUT2D eigenvalue weighted by Gasteiger charge is -2.34. The number of rotatable bonds is 3. The summed E-state index contributed by atoms with van der Waals surface area (Å²) in [4.78, 5) is 26.3. The van der Waals surface area contributed by atoms with Gasteiger partial charge >= 0.3 is 0 Å². The van der Waals surface area contributed by atoms with Crippen LogP contribution in [0.1, 0.15) is 30.6 Å². The van der Waals surface area contributed by atoms with Crippen molar-refractivity contribution < 1.29 is 9.59 Å². The fourth-order valence-electron chi connectivity index (χ4n) is 2.93. The third kappa shape index (κ3) is 4.03. The number of amides is 2. The van der Waals surface area contributed by atoms with Crippen molar-refractivity contribution in [3.63, 3.8) is 0 Å². The third-order valence-corrected chi connectivity index (χ3v) is 4.61. The van der Waals surface area contributed by atoms with Gasteiger partial charge in [-0.25, -0.2) is 0 Å². The van der Waals surface area contributed by atoms with E-state index >= 15 is 0 Å². The maximum atomic E-state index is 12.5. The van der Waals surface area contributed by atoms with Gasteiger partial charge in [-0.3, -0.25) is 9.59 Å². The zero-order valence-corrected chi connectivity index (χ0v) is 14.4. The average molecular weight is 338 g/mol. The summed E-state index contributed by atoms with van der Waals surface area (Å²) in [5.41, 5.74) is 1.43. The van der Waals surface area contributed by atoms with Gasteiger partial charge in [-0.15, -0.1) is 12.4 Å². The highest BCUT2D eigenvalue weighted by Gasteiger charge is 2.39. The van der Waals surface area contributed by atoms with E-state index in [-0.39, 0.29) is 36.2 Å². The molecule has 3 rings (SSSR count). The fraction of sp³-hybridized carbons (Fsp3) is 0.529. The van der Waals surface area contributed by atoms with Gasteiger partial charge < -0.3 is 15.5 Å². The molecule has 0 bridgehead atoms. The molecule has 2 fully saturated rings. The largest absolute Gasteiger partial charge is 0.333 e. The number of nitrogens with zero attached hydrogens (tertiary/aromatic N) is 1. The predicted molar refractivity (Wildman–Crippen MR) is 93.0 cm³/mol. The second kappa shape index (κ2) is 7.32. The smallest absolute Gasteiger partial charge is 0.254 e. The van der Waals surface area contributed by atoms with E-state index < -0.39 is 0 Å². The van der Waals surface area contributed by atoms with Gasteiger partial charge in [0.25, 0.3) is 5.91 Å². The lowest BCUT2D eigenvalue weighted by atomic mass is 10.1. The molecule has 5 nitrogen and oxygen atoms in total. The number of carbonyl (C=O) groups is 2. The van der Waals surface area contributed by atoms with Crippen molar-refractivity contribution in [2.24, 2.45) is 11.8 Å². The van der Waals surface area contributed by atoms with Crippen LogP contribution in [0.5, 0.6) is 0 Å². The molecule has 1 heterocycles. The normalized spacial score (nSPS) is 26.2. The maximum absolute atomic E-state index is 12.5. The number of carbonyl (C=O) groups excluding carboxylic acids is 2. The number of nitrogens with one attached hydrogen (secondary N) is 2. The number of anilines is 1. The van der Waals surface area contributed by atoms with Crippen LogP contribution in [0.4, 0.5) is 5.69 Å². The molecule has 23 heavy (non-hydrogen) atoms. The first-order valence-corrected chi connectivity index (χ1v) is 7.99. The highest BCUT2D eigenvalue weighted by Crippen LogP contribution is 2.38. The summed E-state index contributed by atoms with van der Waals surface area (Å²) in [5, 5.41) is 6.20. The van der Waals surface area contributed by atoms with Crippen LogP contribution in [-0.4, -0.2) is 42.4 Å². The SMILES string of the molecule is CC1CC1C(=O)Nc1ccc(C(=O)N2CCNC[C@H]2C)cc1.Cl. The van der Waals surface area contributed by atoms with Crippen molar-refractivity contribution in [3.05, 3.63) is 29.8 Å². The summed E-state index contributed by atoms with van der Waals surface area (Å²) in [6.07, 6.45) is 0.975. The number of hydrogen-bond donors (Lipinski definition) is 2. The number of piperazine rings is 1. The molecule has 1 aliphatic carbocycles. The summed E-state index contributed by atoms with van der Waals surface area (Å²) in [6, 6.07) is 7.42. The Morgan fingerprint density at radius 1 is 1.22 bits per heavy atom. The van der Waals surface area contributed by atoms with Gasteiger partial charge in [0, 0.05) is 42.8 Å². The zero-order chi connectivity index (χ0) is 15.7. The van der Waals surface area contributed by atoms with Crippen LogP contribution in [-0.2, 0) is 4.79 Å². The molecule has 1 aromatic rings. The molecule has 1 aliphatic heterocycles. The zero-order valence-electron chi connectivity index (χ0n) is 13.5. The Morgan fingerprint density at radius 2 is 1.87 bits per heavy atom. The standard InChI is InChI=1S/C17H23N3O2.ClH/c1-11-9-15(11)16(21)19-14-5-3-13(4-6-14)17(22)20-8-7-18-10-12(20)2;/h3-6,11-12,15,18H,7-10H2,1-2H3,(H,19,21);1H/t11?,12-,15?;/m1./s1. The molecule has 0 spiro atoms. The second-order valence-corrected chi connectivity index (χ2v) is 6.44. The number of halogens is 1. The Hall–Kier alpha value is -1.59. The van der Waals surface area contributed by atoms with Crippen LogP contribution in [0, 0.1) is 11.8 Å². The van der Waals surface area contributed by atoms with Crippen molar-refractivity contribution in [2.45, 2.75) is 26.3 Å². The van der Waals surface area contributed by atoms with Gasteiger partial charge in [-0.1, -0.05) is 6.92 Å². The van der Waals surface area contributed by atoms with Crippen LogP contribution in [0.15, 0.2) is 24.3 Å². The molecule has 2 amide bonds. The van der Waals surface area contributed by atoms with E-state index in [0.717, 1.165) is 31.7 Å². The molecule has 2 aliphatic rings. The summed E-state index contributed by atoms with van der Waals surface area (Å²) in [6.45, 7) is 6.54. The lowest BCUT2D eigenvalue weighted by Crippen LogP contribution is -2.52. The highest BCUT2D eigenvalue weighted by molar-refractivity contribution is 5.97. The van der Waals surface area contributed by atoms with Crippen LogP contribution in [0.2, 0.25) is 0 Å². The molecule has 1 aromatic carbocycles. The second-order valence-electron chi connectivity index (χ2n) is 6.44. The van der Waals surface area contributed by atoms with Gasteiger partial charge in [0.2, 0.25) is 5.91 Å². The van der Waals surface area contributed by atoms with E-state index in [1.807, 2.05) is 17.0 Å². The van der Waals surface area contributed by atoms with Gasteiger partial charge in [0.1, 0.15) is 0 Å². The van der Waals surface area contributed by atoms with Crippen LogP contribution >= 0.6 is 12.4 Å². The molecule has 6 heteroatoms. The molecule has 1 saturated heterocycles. The topological polar surface area (TPSA) is 61.4 Å². The highest BCUT2D eigenvalue weighted by atomic mass is 35.5. The summed E-state index contributed by atoms with van der Waals surface area (Å²) in [5.74, 6) is 0.794. The molecule has 126 valence electrons. The lowest BCUT2D eigenvalue weighted by molar-refractivity contribution is -0.117. The van der Waals surface area contributed by atoms with Gasteiger partial charge in [-0.05, 0) is 43.5 Å². The Balaban J connectivity index is 0.00000192. The minimum Gasteiger partial charge on any atom is -0.333 e. The van der Waals surface area contributed by atoms with Gasteiger partial charge in [0.05, 0.1) is 0 Å². The quantitative estimate of drug-likeness (QED) is 0.888. The van der Waals surface area contributed by atoms with Gasteiger partial charge in [0.15, 0.2) is 0 Å². The molecular weight excluding hydrogens is 314 g/mol. The third-order valence-electron chi connectivity index (χ3n) is 4.61. The van der Waals surface area contributed by atoms with E-state index in [4.69, 9.17) is 0 Å². The monoisotopic (exact) mass is 337 g/mol. The van der Waals surface area contributed by atoms with E-state index in [1.54, 1.807) is 12.1 Å². The van der Waals surface area contributed by atoms with Gasteiger partial charge in [-0.2, -0.15) is 0 Å². The van der Waals surface area contributed by atoms with Crippen molar-refractivity contribution in [1.82, 2.24) is 10.2 Å². The Bertz CT molecular complexity index is 576. The van der Waals surface area contributed by atoms with Crippen LogP contribution in [0.3, 0.4) is 0 Å². The minimum atomic E-state index is 0.